The molecule has 0 radical (unpaired) electrons. The molecule has 15 heavy (non-hydrogen) atoms. The van der Waals surface area contributed by atoms with Crippen LogP contribution in [0, 0.1) is 0 Å². The number of aromatic hydroxyl groups is 2. The number of para-hydroxylation sites is 1. The molecule has 0 saturated heterocycles. The van der Waals surface area contributed by atoms with Crippen molar-refractivity contribution >= 4 is 5.97 Å². The highest BCUT2D eigenvalue weighted by molar-refractivity contribution is 5.65. The largest absolute Gasteiger partial charge is 0.504 e. The lowest BCUT2D eigenvalue weighted by molar-refractivity contribution is -0.141. The quantitative estimate of drug-likeness (QED) is 0.450. The van der Waals surface area contributed by atoms with Gasteiger partial charge in [0, 0.05) is 6.92 Å². The van der Waals surface area contributed by atoms with E-state index in [1.807, 2.05) is 0 Å². The first-order chi connectivity index (χ1) is 7.11. The van der Waals surface area contributed by atoms with Crippen molar-refractivity contribution in [2.45, 2.75) is 19.8 Å². The Hall–Kier alpha value is -1.71. The summed E-state index contributed by atoms with van der Waals surface area (Å²) in [6.45, 7) is 1.68. The third-order valence-corrected chi connectivity index (χ3v) is 1.99. The SMILES string of the molecule is CC(=O)OCCCc1cccc(O)c1O. The summed E-state index contributed by atoms with van der Waals surface area (Å²) in [5.41, 5.74) is 0.655. The average Bonchev–Trinajstić information content (AvgIpc) is 2.18. The summed E-state index contributed by atoms with van der Waals surface area (Å²) in [4.78, 5) is 10.5. The van der Waals surface area contributed by atoms with Crippen molar-refractivity contribution in [1.29, 1.82) is 0 Å². The number of ether oxygens (including phenoxy) is 1. The summed E-state index contributed by atoms with van der Waals surface area (Å²) < 4.78 is 4.75. The maximum atomic E-state index is 10.5. The Kier molecular flexibility index (Phi) is 3.97. The molecule has 1 aromatic rings. The minimum atomic E-state index is -0.310. The van der Waals surface area contributed by atoms with Crippen LogP contribution in [0.3, 0.4) is 0 Å². The second kappa shape index (κ2) is 5.24. The molecule has 0 saturated carbocycles. The molecule has 0 unspecified atom stereocenters. The normalized spacial score (nSPS) is 9.93. The summed E-state index contributed by atoms with van der Waals surface area (Å²) in [7, 11) is 0. The van der Waals surface area contributed by atoms with Crippen LogP contribution < -0.4 is 0 Å². The number of carbonyl (C=O) groups excluding carboxylic acids is 1. The maximum absolute atomic E-state index is 10.5. The van der Waals surface area contributed by atoms with E-state index in [1.54, 1.807) is 12.1 Å². The molecule has 0 aromatic heterocycles. The number of esters is 1. The lowest BCUT2D eigenvalue weighted by Gasteiger charge is -2.05. The third kappa shape index (κ3) is 3.50. The van der Waals surface area contributed by atoms with Crippen molar-refractivity contribution < 1.29 is 19.7 Å². The number of aryl methyl sites for hydroxylation is 1. The van der Waals surface area contributed by atoms with Gasteiger partial charge in [-0.05, 0) is 24.5 Å². The first kappa shape index (κ1) is 11.4. The van der Waals surface area contributed by atoms with Crippen LogP contribution in [-0.4, -0.2) is 22.8 Å². The summed E-state index contributed by atoms with van der Waals surface area (Å²) in [5, 5.41) is 18.7. The molecular weight excluding hydrogens is 196 g/mol. The van der Waals surface area contributed by atoms with E-state index in [4.69, 9.17) is 4.74 Å². The molecule has 0 amide bonds. The Morgan fingerprint density at radius 3 is 2.80 bits per heavy atom. The highest BCUT2D eigenvalue weighted by atomic mass is 16.5. The maximum Gasteiger partial charge on any atom is 0.302 e. The molecule has 0 spiro atoms. The summed E-state index contributed by atoms with van der Waals surface area (Å²) in [6.07, 6.45) is 1.18. The van der Waals surface area contributed by atoms with Gasteiger partial charge in [-0.15, -0.1) is 0 Å². The molecular formula is C11H14O4. The van der Waals surface area contributed by atoms with Crippen LogP contribution in [0.2, 0.25) is 0 Å². The minimum absolute atomic E-state index is 0.0969. The van der Waals surface area contributed by atoms with Crippen molar-refractivity contribution in [3.63, 3.8) is 0 Å². The summed E-state index contributed by atoms with van der Waals surface area (Å²) in [6, 6.07) is 4.81. The van der Waals surface area contributed by atoms with Crippen molar-refractivity contribution in [1.82, 2.24) is 0 Å². The Labute approximate surface area is 88.1 Å². The van der Waals surface area contributed by atoms with E-state index in [0.29, 0.717) is 25.0 Å². The zero-order valence-electron chi connectivity index (χ0n) is 8.56. The van der Waals surface area contributed by atoms with Crippen molar-refractivity contribution in [3.05, 3.63) is 23.8 Å². The van der Waals surface area contributed by atoms with E-state index >= 15 is 0 Å². The van der Waals surface area contributed by atoms with Gasteiger partial charge in [0.15, 0.2) is 11.5 Å². The first-order valence-corrected chi connectivity index (χ1v) is 4.74. The zero-order valence-corrected chi connectivity index (χ0v) is 8.56. The highest BCUT2D eigenvalue weighted by Gasteiger charge is 2.05. The molecule has 0 bridgehead atoms. The van der Waals surface area contributed by atoms with Crippen molar-refractivity contribution in [2.75, 3.05) is 6.61 Å². The lowest BCUT2D eigenvalue weighted by atomic mass is 10.1. The molecule has 0 atom stereocenters. The molecule has 1 aromatic carbocycles. The smallest absolute Gasteiger partial charge is 0.302 e. The van der Waals surface area contributed by atoms with Crippen LogP contribution in [0.25, 0.3) is 0 Å². The van der Waals surface area contributed by atoms with Gasteiger partial charge in [0.25, 0.3) is 0 Å². The second-order valence-corrected chi connectivity index (χ2v) is 3.23. The second-order valence-electron chi connectivity index (χ2n) is 3.23. The van der Waals surface area contributed by atoms with Crippen LogP contribution >= 0.6 is 0 Å². The highest BCUT2D eigenvalue weighted by Crippen LogP contribution is 2.28. The Morgan fingerprint density at radius 2 is 2.13 bits per heavy atom. The number of carbonyl (C=O) groups is 1. The van der Waals surface area contributed by atoms with Gasteiger partial charge in [0.2, 0.25) is 0 Å². The lowest BCUT2D eigenvalue weighted by Crippen LogP contribution is -2.01. The van der Waals surface area contributed by atoms with Gasteiger partial charge in [-0.25, -0.2) is 0 Å². The standard InChI is InChI=1S/C11H14O4/c1-8(12)15-7-3-5-9-4-2-6-10(13)11(9)14/h2,4,6,13-14H,3,5,7H2,1H3. The van der Waals surface area contributed by atoms with E-state index in [-0.39, 0.29) is 17.5 Å². The van der Waals surface area contributed by atoms with E-state index in [1.165, 1.54) is 13.0 Å². The number of hydrogen-bond donors (Lipinski definition) is 2. The van der Waals surface area contributed by atoms with E-state index in [2.05, 4.69) is 0 Å². The molecule has 0 aliphatic heterocycles. The molecule has 1 rings (SSSR count). The van der Waals surface area contributed by atoms with Crippen LogP contribution in [0.5, 0.6) is 11.5 Å². The molecule has 0 aliphatic rings. The van der Waals surface area contributed by atoms with Gasteiger partial charge in [-0.2, -0.15) is 0 Å². The summed E-state index contributed by atoms with van der Waals surface area (Å²) in [5.74, 6) is -0.532. The number of phenols is 2. The molecule has 0 aliphatic carbocycles. The number of hydrogen-bond acceptors (Lipinski definition) is 4. The number of rotatable bonds is 4. The Morgan fingerprint density at radius 1 is 1.40 bits per heavy atom. The van der Waals surface area contributed by atoms with Crippen molar-refractivity contribution in [3.8, 4) is 11.5 Å². The fraction of sp³-hybridized carbons (Fsp3) is 0.364. The van der Waals surface area contributed by atoms with Gasteiger partial charge < -0.3 is 14.9 Å². The van der Waals surface area contributed by atoms with Crippen LogP contribution in [0.4, 0.5) is 0 Å². The molecule has 2 N–H and O–H groups in total. The van der Waals surface area contributed by atoms with Gasteiger partial charge in [-0.1, -0.05) is 12.1 Å². The minimum Gasteiger partial charge on any atom is -0.504 e. The van der Waals surface area contributed by atoms with Crippen LogP contribution in [0.1, 0.15) is 18.9 Å². The van der Waals surface area contributed by atoms with Gasteiger partial charge in [0.05, 0.1) is 6.61 Å². The Balaban J connectivity index is 2.44. The number of phenolic OH excluding ortho intramolecular Hbond substituents is 2. The average molecular weight is 210 g/mol. The summed E-state index contributed by atoms with van der Waals surface area (Å²) >= 11 is 0. The van der Waals surface area contributed by atoms with E-state index in [0.717, 1.165) is 0 Å². The van der Waals surface area contributed by atoms with Crippen LogP contribution in [0.15, 0.2) is 18.2 Å². The Bertz CT molecular complexity index is 346. The molecule has 82 valence electrons. The molecule has 4 nitrogen and oxygen atoms in total. The van der Waals surface area contributed by atoms with E-state index < -0.39 is 0 Å². The molecule has 4 heteroatoms. The monoisotopic (exact) mass is 210 g/mol. The van der Waals surface area contributed by atoms with Crippen LogP contribution in [-0.2, 0) is 16.0 Å². The topological polar surface area (TPSA) is 66.8 Å². The van der Waals surface area contributed by atoms with Gasteiger partial charge >= 0.3 is 5.97 Å². The fourth-order valence-electron chi connectivity index (χ4n) is 1.26. The first-order valence-electron chi connectivity index (χ1n) is 4.74. The predicted octanol–water partition coefficient (Wildman–Crippen LogP) is 1.59. The molecule has 0 heterocycles. The zero-order chi connectivity index (χ0) is 11.3. The third-order valence-electron chi connectivity index (χ3n) is 1.99. The molecule has 0 fully saturated rings. The van der Waals surface area contributed by atoms with Gasteiger partial charge in [-0.3, -0.25) is 4.79 Å². The van der Waals surface area contributed by atoms with E-state index in [9.17, 15) is 15.0 Å². The van der Waals surface area contributed by atoms with Crippen molar-refractivity contribution in [2.24, 2.45) is 0 Å². The van der Waals surface area contributed by atoms with Gasteiger partial charge in [0.1, 0.15) is 0 Å². The predicted molar refractivity (Wildman–Crippen MR) is 54.7 cm³/mol. The number of benzene rings is 1. The fourth-order valence-corrected chi connectivity index (χ4v) is 1.26.